The predicted molar refractivity (Wildman–Crippen MR) is 72.4 cm³/mol. The van der Waals surface area contributed by atoms with Crippen LogP contribution in [-0.2, 0) is 0 Å². The zero-order valence-electron chi connectivity index (χ0n) is 9.51. The minimum Gasteiger partial charge on any atom is -0.356 e. The van der Waals surface area contributed by atoms with Gasteiger partial charge in [0.2, 0.25) is 0 Å². The lowest BCUT2D eigenvalue weighted by Gasteiger charge is -2.01. The molecule has 1 aromatic heterocycles. The van der Waals surface area contributed by atoms with Crippen LogP contribution in [0.4, 0.5) is 0 Å². The summed E-state index contributed by atoms with van der Waals surface area (Å²) in [6.45, 7) is 0. The highest BCUT2D eigenvalue weighted by molar-refractivity contribution is 6.30. The van der Waals surface area contributed by atoms with Gasteiger partial charge in [0, 0.05) is 16.1 Å². The molecule has 0 bridgehead atoms. The topological polar surface area (TPSA) is 26.0 Å². The molecular formula is C15H10ClNO. The van der Waals surface area contributed by atoms with Crippen LogP contribution in [0.15, 0.2) is 65.3 Å². The monoisotopic (exact) mass is 255 g/mol. The fourth-order valence-corrected chi connectivity index (χ4v) is 2.00. The highest BCUT2D eigenvalue weighted by atomic mass is 35.5. The predicted octanol–water partition coefficient (Wildman–Crippen LogP) is 4.66. The van der Waals surface area contributed by atoms with Crippen molar-refractivity contribution in [2.24, 2.45) is 0 Å². The number of hydrogen-bond donors (Lipinski definition) is 0. The number of benzene rings is 2. The Balaban J connectivity index is 2.10. The number of aromatic nitrogens is 1. The largest absolute Gasteiger partial charge is 0.356 e. The second-order valence-electron chi connectivity index (χ2n) is 3.94. The van der Waals surface area contributed by atoms with E-state index >= 15 is 0 Å². The first-order valence-electron chi connectivity index (χ1n) is 5.60. The first-order valence-corrected chi connectivity index (χ1v) is 5.98. The fourth-order valence-electron chi connectivity index (χ4n) is 1.87. The SMILES string of the molecule is Clc1ccc(-c2cnoc2-c2ccccc2)cc1. The second kappa shape index (κ2) is 4.67. The van der Waals surface area contributed by atoms with Crippen molar-refractivity contribution in [3.63, 3.8) is 0 Å². The van der Waals surface area contributed by atoms with Crippen molar-refractivity contribution >= 4 is 11.6 Å². The summed E-state index contributed by atoms with van der Waals surface area (Å²) < 4.78 is 5.35. The summed E-state index contributed by atoms with van der Waals surface area (Å²) >= 11 is 5.89. The summed E-state index contributed by atoms with van der Waals surface area (Å²) in [5.41, 5.74) is 3.03. The molecule has 3 aromatic rings. The van der Waals surface area contributed by atoms with E-state index in [4.69, 9.17) is 16.1 Å². The van der Waals surface area contributed by atoms with Crippen LogP contribution in [0.5, 0.6) is 0 Å². The molecule has 0 atom stereocenters. The quantitative estimate of drug-likeness (QED) is 0.665. The first-order chi connectivity index (χ1) is 8.84. The van der Waals surface area contributed by atoms with Crippen LogP contribution in [-0.4, -0.2) is 5.16 Å². The van der Waals surface area contributed by atoms with E-state index in [9.17, 15) is 0 Å². The normalized spacial score (nSPS) is 10.5. The van der Waals surface area contributed by atoms with E-state index in [2.05, 4.69) is 5.16 Å². The molecule has 0 aliphatic heterocycles. The van der Waals surface area contributed by atoms with Gasteiger partial charge in [0.05, 0.1) is 6.20 Å². The molecule has 18 heavy (non-hydrogen) atoms. The van der Waals surface area contributed by atoms with Gasteiger partial charge in [0.15, 0.2) is 5.76 Å². The van der Waals surface area contributed by atoms with E-state index in [0.717, 1.165) is 27.5 Å². The average molecular weight is 256 g/mol. The molecule has 0 saturated carbocycles. The minimum atomic E-state index is 0.719. The molecular weight excluding hydrogens is 246 g/mol. The Kier molecular flexibility index (Phi) is 2.87. The van der Waals surface area contributed by atoms with Crippen molar-refractivity contribution in [3.05, 3.63) is 65.8 Å². The molecule has 0 radical (unpaired) electrons. The molecule has 0 unspecified atom stereocenters. The Morgan fingerprint density at radius 3 is 2.28 bits per heavy atom. The van der Waals surface area contributed by atoms with E-state index in [0.29, 0.717) is 0 Å². The molecule has 3 rings (SSSR count). The first kappa shape index (κ1) is 11.1. The van der Waals surface area contributed by atoms with Crippen LogP contribution in [0.3, 0.4) is 0 Å². The Morgan fingerprint density at radius 2 is 1.56 bits per heavy atom. The standard InChI is InChI=1S/C15H10ClNO/c16-13-8-6-11(7-9-13)14-10-17-18-15(14)12-4-2-1-3-5-12/h1-10H. The van der Waals surface area contributed by atoms with Crippen LogP contribution < -0.4 is 0 Å². The second-order valence-corrected chi connectivity index (χ2v) is 4.38. The molecule has 0 saturated heterocycles. The van der Waals surface area contributed by atoms with Gasteiger partial charge in [0.1, 0.15) is 0 Å². The molecule has 0 amide bonds. The molecule has 0 aliphatic rings. The van der Waals surface area contributed by atoms with E-state index in [1.54, 1.807) is 6.20 Å². The molecule has 88 valence electrons. The molecule has 0 N–H and O–H groups in total. The van der Waals surface area contributed by atoms with Crippen molar-refractivity contribution < 1.29 is 4.52 Å². The van der Waals surface area contributed by atoms with E-state index in [-0.39, 0.29) is 0 Å². The van der Waals surface area contributed by atoms with Crippen LogP contribution >= 0.6 is 11.6 Å². The van der Waals surface area contributed by atoms with Gasteiger partial charge in [-0.1, -0.05) is 59.2 Å². The van der Waals surface area contributed by atoms with Crippen molar-refractivity contribution in [2.75, 3.05) is 0 Å². The number of halogens is 1. The summed E-state index contributed by atoms with van der Waals surface area (Å²) in [5, 5.41) is 4.61. The van der Waals surface area contributed by atoms with Crippen LogP contribution in [0.25, 0.3) is 22.5 Å². The van der Waals surface area contributed by atoms with Gasteiger partial charge in [-0.05, 0) is 17.7 Å². The van der Waals surface area contributed by atoms with Crippen LogP contribution in [0, 0.1) is 0 Å². The van der Waals surface area contributed by atoms with Crippen molar-refractivity contribution in [1.29, 1.82) is 0 Å². The van der Waals surface area contributed by atoms with Crippen LogP contribution in [0.2, 0.25) is 5.02 Å². The lowest BCUT2D eigenvalue weighted by molar-refractivity contribution is 0.432. The minimum absolute atomic E-state index is 0.719. The maximum absolute atomic E-state index is 5.89. The van der Waals surface area contributed by atoms with Gasteiger partial charge in [-0.3, -0.25) is 0 Å². The van der Waals surface area contributed by atoms with Gasteiger partial charge < -0.3 is 4.52 Å². The number of nitrogens with zero attached hydrogens (tertiary/aromatic N) is 1. The number of rotatable bonds is 2. The molecule has 0 aliphatic carbocycles. The van der Waals surface area contributed by atoms with Gasteiger partial charge >= 0.3 is 0 Å². The maximum Gasteiger partial charge on any atom is 0.174 e. The van der Waals surface area contributed by atoms with Gasteiger partial charge in [-0.2, -0.15) is 0 Å². The molecule has 3 heteroatoms. The molecule has 2 nitrogen and oxygen atoms in total. The van der Waals surface area contributed by atoms with Crippen molar-refractivity contribution in [2.45, 2.75) is 0 Å². The third-order valence-corrected chi connectivity index (χ3v) is 3.01. The lowest BCUT2D eigenvalue weighted by atomic mass is 10.0. The van der Waals surface area contributed by atoms with Gasteiger partial charge in [-0.25, -0.2) is 0 Å². The highest BCUT2D eigenvalue weighted by Gasteiger charge is 2.11. The maximum atomic E-state index is 5.89. The summed E-state index contributed by atoms with van der Waals surface area (Å²) in [4.78, 5) is 0. The van der Waals surface area contributed by atoms with E-state index in [1.165, 1.54) is 0 Å². The van der Waals surface area contributed by atoms with Crippen molar-refractivity contribution in [3.8, 4) is 22.5 Å². The summed E-state index contributed by atoms with van der Waals surface area (Å²) in [7, 11) is 0. The smallest absolute Gasteiger partial charge is 0.174 e. The average Bonchev–Trinajstić information content (AvgIpc) is 2.90. The third kappa shape index (κ3) is 2.03. The van der Waals surface area contributed by atoms with Gasteiger partial charge in [-0.15, -0.1) is 0 Å². The number of hydrogen-bond acceptors (Lipinski definition) is 2. The summed E-state index contributed by atoms with van der Waals surface area (Å²) in [6.07, 6.45) is 1.73. The zero-order chi connectivity index (χ0) is 12.4. The lowest BCUT2D eigenvalue weighted by Crippen LogP contribution is -1.79. The fraction of sp³-hybridized carbons (Fsp3) is 0. The van der Waals surface area contributed by atoms with Crippen molar-refractivity contribution in [1.82, 2.24) is 5.16 Å². The Hall–Kier alpha value is -2.06. The Morgan fingerprint density at radius 1 is 0.833 bits per heavy atom. The third-order valence-electron chi connectivity index (χ3n) is 2.76. The van der Waals surface area contributed by atoms with Crippen LogP contribution in [0.1, 0.15) is 0 Å². The van der Waals surface area contributed by atoms with E-state index < -0.39 is 0 Å². The zero-order valence-corrected chi connectivity index (χ0v) is 10.3. The molecule has 0 fully saturated rings. The summed E-state index contributed by atoms with van der Waals surface area (Å²) in [5.74, 6) is 0.776. The Bertz CT molecular complexity index is 644. The van der Waals surface area contributed by atoms with E-state index in [1.807, 2.05) is 54.6 Å². The van der Waals surface area contributed by atoms with Gasteiger partial charge in [0.25, 0.3) is 0 Å². The molecule has 1 heterocycles. The Labute approximate surface area is 110 Å². The summed E-state index contributed by atoms with van der Waals surface area (Å²) in [6, 6.07) is 17.6. The molecule has 2 aromatic carbocycles. The molecule has 0 spiro atoms. The highest BCUT2D eigenvalue weighted by Crippen LogP contribution is 2.32.